The molecule has 16 nitrogen and oxygen atoms in total. The molecule has 3 heterocycles. The minimum Gasteiger partial charge on any atom is -0.482 e. The van der Waals surface area contributed by atoms with Gasteiger partial charge >= 0.3 is 0 Å². The van der Waals surface area contributed by atoms with Crippen LogP contribution in [-0.4, -0.2) is 93.4 Å². The number of nitrogens with one attached hydrogen (secondary N) is 5. The zero-order valence-corrected chi connectivity index (χ0v) is 29.7. The summed E-state index contributed by atoms with van der Waals surface area (Å²) in [7, 11) is 0. The molecule has 0 fully saturated rings. The molecule has 6 amide bonds. The van der Waals surface area contributed by atoms with Gasteiger partial charge in [0.1, 0.15) is 30.2 Å². The predicted molar refractivity (Wildman–Crippen MR) is 189 cm³/mol. The summed E-state index contributed by atoms with van der Waals surface area (Å²) in [4.78, 5) is 85.0. The van der Waals surface area contributed by atoms with E-state index in [4.69, 9.17) is 4.74 Å². The van der Waals surface area contributed by atoms with Crippen molar-refractivity contribution in [2.75, 3.05) is 31.6 Å². The molecule has 1 aromatic heterocycles. The SMILES string of the molecule is Cc1nc2n(n1)CC(=O)NCCN(C(=O)c1ccc3c(c1)OCC(=O)N3)CCCC(=O)N[C@@H](C)C(=O)N[C@H](Cc1ccccc1)C(=O)N[C@H]2C(C)C. The zero-order valence-electron chi connectivity index (χ0n) is 29.7. The third-order valence-electron chi connectivity index (χ3n) is 8.71. The van der Waals surface area contributed by atoms with Gasteiger partial charge in [-0.05, 0) is 49.9 Å². The average molecular weight is 716 g/mol. The maximum atomic E-state index is 13.9. The Morgan fingerprint density at radius 2 is 1.71 bits per heavy atom. The van der Waals surface area contributed by atoms with Crippen LogP contribution in [-0.2, 0) is 36.9 Å². The van der Waals surface area contributed by atoms with Gasteiger partial charge in [0.25, 0.3) is 11.8 Å². The Balaban J connectivity index is 1.40. The largest absolute Gasteiger partial charge is 0.482 e. The highest BCUT2D eigenvalue weighted by molar-refractivity contribution is 5.99. The second-order valence-electron chi connectivity index (χ2n) is 13.2. The quantitative estimate of drug-likeness (QED) is 0.261. The number of aryl methyl sites for hydroxylation is 1. The van der Waals surface area contributed by atoms with Gasteiger partial charge in [-0.25, -0.2) is 9.67 Å². The lowest BCUT2D eigenvalue weighted by atomic mass is 10.0. The van der Waals surface area contributed by atoms with Gasteiger partial charge in [-0.2, -0.15) is 5.10 Å². The molecule has 2 aliphatic heterocycles. The normalized spacial score (nSPS) is 21.0. The predicted octanol–water partition coefficient (Wildman–Crippen LogP) is 1.02. The van der Waals surface area contributed by atoms with Gasteiger partial charge in [-0.1, -0.05) is 44.2 Å². The van der Waals surface area contributed by atoms with E-state index in [2.05, 4.69) is 36.7 Å². The van der Waals surface area contributed by atoms with E-state index in [-0.39, 0.29) is 75.7 Å². The summed E-state index contributed by atoms with van der Waals surface area (Å²) in [5.41, 5.74) is 1.58. The van der Waals surface area contributed by atoms with Crippen LogP contribution in [0.2, 0.25) is 0 Å². The van der Waals surface area contributed by atoms with Crippen molar-refractivity contribution >= 4 is 41.1 Å². The minimum absolute atomic E-state index is 0.00547. The summed E-state index contributed by atoms with van der Waals surface area (Å²) >= 11 is 0. The van der Waals surface area contributed by atoms with E-state index >= 15 is 0 Å². The van der Waals surface area contributed by atoms with Crippen LogP contribution in [0.4, 0.5) is 5.69 Å². The van der Waals surface area contributed by atoms with E-state index < -0.39 is 35.8 Å². The summed E-state index contributed by atoms with van der Waals surface area (Å²) < 4.78 is 6.94. The molecule has 3 atom stereocenters. The molecule has 0 bridgehead atoms. The number of fused-ring (bicyclic) bond motifs is 2. The third-order valence-corrected chi connectivity index (χ3v) is 8.71. The van der Waals surface area contributed by atoms with Crippen LogP contribution in [0.1, 0.15) is 67.2 Å². The first kappa shape index (κ1) is 37.5. The Kier molecular flexibility index (Phi) is 12.2. The first-order valence-corrected chi connectivity index (χ1v) is 17.4. The van der Waals surface area contributed by atoms with Crippen LogP contribution in [0, 0.1) is 12.8 Å². The molecule has 2 aromatic carbocycles. The Hall–Kier alpha value is -5.80. The van der Waals surface area contributed by atoms with Crippen molar-refractivity contribution in [3.63, 3.8) is 0 Å². The van der Waals surface area contributed by atoms with Gasteiger partial charge in [0.2, 0.25) is 23.6 Å². The molecule has 0 spiro atoms. The van der Waals surface area contributed by atoms with Crippen molar-refractivity contribution < 1.29 is 33.5 Å². The number of aromatic nitrogens is 3. The van der Waals surface area contributed by atoms with E-state index in [0.29, 0.717) is 28.6 Å². The number of amides is 6. The number of nitrogens with zero attached hydrogens (tertiary/aromatic N) is 4. The molecule has 52 heavy (non-hydrogen) atoms. The number of carbonyl (C=O) groups is 6. The number of ether oxygens (including phenoxy) is 1. The van der Waals surface area contributed by atoms with Crippen LogP contribution in [0.5, 0.6) is 5.75 Å². The van der Waals surface area contributed by atoms with E-state index in [9.17, 15) is 28.8 Å². The van der Waals surface area contributed by atoms with Crippen LogP contribution >= 0.6 is 0 Å². The highest BCUT2D eigenvalue weighted by Crippen LogP contribution is 2.29. The van der Waals surface area contributed by atoms with E-state index in [1.54, 1.807) is 25.1 Å². The van der Waals surface area contributed by atoms with Crippen LogP contribution in [0.25, 0.3) is 0 Å². The Morgan fingerprint density at radius 1 is 0.942 bits per heavy atom. The number of rotatable bonds is 4. The molecule has 0 radical (unpaired) electrons. The summed E-state index contributed by atoms with van der Waals surface area (Å²) in [6, 6.07) is 11.3. The Bertz CT molecular complexity index is 1810. The second kappa shape index (κ2) is 16.9. The van der Waals surface area contributed by atoms with Crippen molar-refractivity contribution in [1.82, 2.24) is 40.9 Å². The average Bonchev–Trinajstić information content (AvgIpc) is 3.47. The number of hydrogen-bond donors (Lipinski definition) is 5. The highest BCUT2D eigenvalue weighted by Gasteiger charge is 2.31. The topological polar surface area (TPSA) is 206 Å². The molecule has 5 rings (SSSR count). The summed E-state index contributed by atoms with van der Waals surface area (Å²) in [6.45, 7) is 7.05. The van der Waals surface area contributed by atoms with Crippen molar-refractivity contribution in [3.05, 3.63) is 71.3 Å². The summed E-state index contributed by atoms with van der Waals surface area (Å²) in [5.74, 6) is -1.49. The molecule has 16 heteroatoms. The smallest absolute Gasteiger partial charge is 0.262 e. The van der Waals surface area contributed by atoms with Crippen LogP contribution in [0.3, 0.4) is 0 Å². The number of anilines is 1. The van der Waals surface area contributed by atoms with Crippen molar-refractivity contribution in [3.8, 4) is 5.75 Å². The molecule has 0 saturated heterocycles. The van der Waals surface area contributed by atoms with Gasteiger partial charge in [-0.3, -0.25) is 28.8 Å². The van der Waals surface area contributed by atoms with Crippen molar-refractivity contribution in [2.24, 2.45) is 5.92 Å². The van der Waals surface area contributed by atoms with Crippen LogP contribution < -0.4 is 31.3 Å². The van der Waals surface area contributed by atoms with E-state index in [1.165, 1.54) is 16.5 Å². The molecule has 0 aliphatic carbocycles. The third kappa shape index (κ3) is 9.70. The van der Waals surface area contributed by atoms with Crippen molar-refractivity contribution in [2.45, 2.75) is 71.6 Å². The van der Waals surface area contributed by atoms with Gasteiger partial charge < -0.3 is 36.2 Å². The monoisotopic (exact) mass is 715 g/mol. The molecule has 3 aromatic rings. The first-order chi connectivity index (χ1) is 24.9. The number of carbonyl (C=O) groups excluding carboxylic acids is 6. The maximum Gasteiger partial charge on any atom is 0.262 e. The molecule has 0 saturated carbocycles. The Labute approximate surface area is 301 Å². The van der Waals surface area contributed by atoms with Gasteiger partial charge in [-0.15, -0.1) is 0 Å². The molecular formula is C36H45N9O7. The molecule has 2 aliphatic rings. The first-order valence-electron chi connectivity index (χ1n) is 17.4. The zero-order chi connectivity index (χ0) is 37.4. The lowest BCUT2D eigenvalue weighted by molar-refractivity contribution is -0.132. The fourth-order valence-corrected chi connectivity index (χ4v) is 5.99. The van der Waals surface area contributed by atoms with Gasteiger partial charge in [0, 0.05) is 38.0 Å². The number of benzene rings is 2. The highest BCUT2D eigenvalue weighted by atomic mass is 16.5. The molecular weight excluding hydrogens is 670 g/mol. The molecule has 276 valence electrons. The van der Waals surface area contributed by atoms with Gasteiger partial charge in [0.15, 0.2) is 12.4 Å². The lowest BCUT2D eigenvalue weighted by Crippen LogP contribution is -2.54. The molecule has 5 N–H and O–H groups in total. The fourth-order valence-electron chi connectivity index (χ4n) is 5.99. The summed E-state index contributed by atoms with van der Waals surface area (Å²) in [6.07, 6.45) is 0.451. The maximum absolute atomic E-state index is 13.9. The second-order valence-corrected chi connectivity index (χ2v) is 13.2. The summed E-state index contributed by atoms with van der Waals surface area (Å²) in [5, 5.41) is 18.5. The van der Waals surface area contributed by atoms with Gasteiger partial charge in [0.05, 0.1) is 11.7 Å². The fraction of sp³-hybridized carbons (Fsp3) is 0.444. The Morgan fingerprint density at radius 3 is 2.46 bits per heavy atom. The standard InChI is InChI=1S/C36H45N9O7/c1-21(2)32-33-39-23(4)43-45(33)19-30(47)37-14-16-44(36(51)25-12-13-26-28(18-25)52-20-31(48)40-26)15-8-11-29(46)38-22(3)34(49)41-27(35(50)42-32)17-24-9-6-5-7-10-24/h5-7,9-10,12-13,18,21-22,27,32H,8,11,14-17,19-20H2,1-4H3,(H,37,47)(H,38,46)(H,40,48)(H,41,49)(H,42,50)/t22-,27+,32-/m0/s1. The van der Waals surface area contributed by atoms with E-state index in [0.717, 1.165) is 5.56 Å². The molecule has 0 unspecified atom stereocenters. The van der Waals surface area contributed by atoms with Crippen LogP contribution in [0.15, 0.2) is 48.5 Å². The number of hydrogen-bond acceptors (Lipinski definition) is 9. The van der Waals surface area contributed by atoms with Crippen molar-refractivity contribution in [1.29, 1.82) is 0 Å². The lowest BCUT2D eigenvalue weighted by Gasteiger charge is -2.27. The van der Waals surface area contributed by atoms with E-state index in [1.807, 2.05) is 44.2 Å². The minimum atomic E-state index is -0.994.